The summed E-state index contributed by atoms with van der Waals surface area (Å²) in [6, 6.07) is 35.0. The molecule has 2 radical (unpaired) electrons. The number of hydroxylamine groups is 4. The second-order valence-corrected chi connectivity index (χ2v) is 34.7. The normalized spacial score (nSPS) is 15.6. The summed E-state index contributed by atoms with van der Waals surface area (Å²) < 4.78 is 39.2. The molecule has 7 heterocycles. The lowest BCUT2D eigenvalue weighted by atomic mass is 9.80. The number of hydrogen-bond donors (Lipinski definition) is 2. The van der Waals surface area contributed by atoms with Crippen molar-refractivity contribution in [2.24, 2.45) is 0 Å². The van der Waals surface area contributed by atoms with E-state index in [-0.39, 0.29) is 0 Å². The fourth-order valence-electron chi connectivity index (χ4n) is 16.7. The van der Waals surface area contributed by atoms with E-state index in [0.29, 0.717) is 142 Å². The topological polar surface area (TPSA) is 193 Å². The van der Waals surface area contributed by atoms with Crippen molar-refractivity contribution >= 4 is 58.3 Å². The Morgan fingerprint density at radius 2 is 0.638 bits per heavy atom. The first-order valence-electron chi connectivity index (χ1n) is 43.5. The van der Waals surface area contributed by atoms with Crippen LogP contribution in [-0.2, 0) is 19.9 Å². The molecular formula is C100H126N6O10. The predicted molar refractivity (Wildman–Crippen MR) is 468 cm³/mol. The zero-order chi connectivity index (χ0) is 82.2. The number of carbonyl (C=O) groups excluding carboxylic acids is 2. The molecule has 16 heteroatoms. The number of ether oxygens (including phenoxy) is 6. The summed E-state index contributed by atoms with van der Waals surface area (Å²) in [6.07, 6.45) is 36.1. The van der Waals surface area contributed by atoms with E-state index in [1.807, 2.05) is 116 Å². The molecule has 0 aliphatic carbocycles. The van der Waals surface area contributed by atoms with E-state index in [2.05, 4.69) is 110 Å². The zero-order valence-electron chi connectivity index (χ0n) is 71.4. The molecule has 0 saturated carbocycles. The third-order valence-corrected chi connectivity index (χ3v) is 22.7. The van der Waals surface area contributed by atoms with Gasteiger partial charge in [-0.1, -0.05) is 180 Å². The number of nitrogens with zero attached hydrogens (tertiary/aromatic N) is 4. The molecule has 0 atom stereocenters. The van der Waals surface area contributed by atoms with Crippen LogP contribution in [0.2, 0.25) is 0 Å². The maximum absolute atomic E-state index is 13.9. The Morgan fingerprint density at radius 1 is 0.362 bits per heavy atom. The summed E-state index contributed by atoms with van der Waals surface area (Å²) in [4.78, 5) is 46.9. The van der Waals surface area contributed by atoms with Crippen LogP contribution >= 0.6 is 0 Å². The van der Waals surface area contributed by atoms with Crippen molar-refractivity contribution in [1.29, 1.82) is 0 Å². The molecular weight excluding hydrogens is 1450 g/mol. The van der Waals surface area contributed by atoms with Crippen molar-refractivity contribution in [3.63, 3.8) is 0 Å². The highest BCUT2D eigenvalue weighted by Gasteiger charge is 2.49. The van der Waals surface area contributed by atoms with Gasteiger partial charge in [-0.05, 0) is 214 Å². The number of esters is 2. The van der Waals surface area contributed by atoms with E-state index in [0.717, 1.165) is 120 Å². The lowest BCUT2D eigenvalue weighted by molar-refractivity contribution is -0.298. The maximum Gasteiger partial charge on any atom is 0.338 e. The maximum atomic E-state index is 13.9. The van der Waals surface area contributed by atoms with Gasteiger partial charge in [0.15, 0.2) is 0 Å². The van der Waals surface area contributed by atoms with Crippen molar-refractivity contribution < 1.29 is 48.4 Å². The number of fused-ring (bicyclic) bond motifs is 8. The van der Waals surface area contributed by atoms with Crippen molar-refractivity contribution in [3.05, 3.63) is 165 Å². The standard InChI is InChI=1S/C100H126N6O10/c1-13-17-21-25-29-33-57-111-77-61-75(62-78(65-77)112-58-34-30-26-22-18-14-2)93-89-53-49-85(101-89)83(47-41-71-37-43-73(44-38-71)95(107)115-81-67-97(5,6)105(109)98(7,8)68-81)87-51-55-91(103-87)94(76-63-79(113-59-35-31-27-23-19-15-3)66-80(64-76)114-60-36-32-28-24-20-16-4)92-56-52-88(104-92)84(86-50-54-90(93)102-86)48-42-72-39-45-74(46-40-72)96(108)116-82-69-99(9,10)106(110)100(11,12)70-82/h37-40,43-46,49-56,61-66,81-82,101,104H,13-36,57-60,67-70H2,1-12H3. The molecule has 616 valence electrons. The predicted octanol–water partition coefficient (Wildman–Crippen LogP) is 24.8. The average molecular weight is 1570 g/mol. The third kappa shape index (κ3) is 23.9. The van der Waals surface area contributed by atoms with Gasteiger partial charge in [0.25, 0.3) is 0 Å². The molecule has 3 aromatic heterocycles. The van der Waals surface area contributed by atoms with E-state index < -0.39 is 46.3 Å². The van der Waals surface area contributed by atoms with E-state index in [9.17, 15) is 20.0 Å². The molecule has 0 amide bonds. The first-order chi connectivity index (χ1) is 55.9. The molecule has 8 bridgehead atoms. The second kappa shape index (κ2) is 41.6. The molecule has 7 aromatic rings. The van der Waals surface area contributed by atoms with E-state index in [1.165, 1.54) is 77.0 Å². The van der Waals surface area contributed by atoms with Crippen LogP contribution in [0.3, 0.4) is 0 Å². The van der Waals surface area contributed by atoms with Gasteiger partial charge in [-0.15, -0.1) is 20.5 Å². The van der Waals surface area contributed by atoms with Crippen LogP contribution in [0.5, 0.6) is 23.0 Å². The van der Waals surface area contributed by atoms with Crippen LogP contribution in [0.25, 0.3) is 68.6 Å². The molecule has 0 spiro atoms. The molecule has 2 fully saturated rings. The minimum atomic E-state index is -0.703. The molecule has 4 aliphatic heterocycles. The van der Waals surface area contributed by atoms with Crippen molar-refractivity contribution in [2.75, 3.05) is 26.4 Å². The molecule has 4 aromatic carbocycles. The summed E-state index contributed by atoms with van der Waals surface area (Å²) in [5.41, 5.74) is 9.25. The van der Waals surface area contributed by atoms with Crippen LogP contribution in [-0.4, -0.2) is 103 Å². The zero-order valence-corrected chi connectivity index (χ0v) is 71.4. The molecule has 4 aliphatic rings. The number of aromatic amines is 2. The summed E-state index contributed by atoms with van der Waals surface area (Å²) >= 11 is 0. The fourth-order valence-corrected chi connectivity index (χ4v) is 16.7. The number of hydrogen-bond acceptors (Lipinski definition) is 12. The van der Waals surface area contributed by atoms with Gasteiger partial charge >= 0.3 is 11.9 Å². The lowest BCUT2D eigenvalue weighted by Gasteiger charge is -2.49. The Hall–Kier alpha value is -9.42. The Balaban J connectivity index is 1.09. The third-order valence-electron chi connectivity index (χ3n) is 22.7. The van der Waals surface area contributed by atoms with Gasteiger partial charge in [0.05, 0.1) is 82.5 Å². The number of rotatable bonds is 38. The van der Waals surface area contributed by atoms with Gasteiger partial charge < -0.3 is 38.4 Å². The number of nitrogens with one attached hydrogen (secondary N) is 2. The van der Waals surface area contributed by atoms with E-state index in [4.69, 9.17) is 38.4 Å². The van der Waals surface area contributed by atoms with Gasteiger partial charge in [0, 0.05) is 93.3 Å². The Labute approximate surface area is 690 Å². The second-order valence-electron chi connectivity index (χ2n) is 34.7. The summed E-state index contributed by atoms with van der Waals surface area (Å²) in [7, 11) is 0. The Kier molecular flexibility index (Phi) is 31.4. The van der Waals surface area contributed by atoms with Crippen molar-refractivity contribution in [3.8, 4) is 68.9 Å². The minimum Gasteiger partial charge on any atom is -0.493 e. The highest BCUT2D eigenvalue weighted by atomic mass is 16.6. The number of piperidine rings is 2. The van der Waals surface area contributed by atoms with Crippen LogP contribution in [0.15, 0.2) is 109 Å². The summed E-state index contributed by atoms with van der Waals surface area (Å²) in [5, 5.41) is 28.8. The number of unbranched alkanes of at least 4 members (excludes halogenated alkanes) is 20. The molecule has 11 rings (SSSR count). The highest BCUT2D eigenvalue weighted by molar-refractivity contribution is 5.96. The molecule has 0 unspecified atom stereocenters. The minimum absolute atomic E-state index is 0.389. The molecule has 116 heavy (non-hydrogen) atoms. The highest BCUT2D eigenvalue weighted by Crippen LogP contribution is 2.43. The monoisotopic (exact) mass is 1570 g/mol. The van der Waals surface area contributed by atoms with E-state index in [1.54, 1.807) is 24.3 Å². The van der Waals surface area contributed by atoms with Gasteiger partial charge in [-0.2, -0.15) is 0 Å². The van der Waals surface area contributed by atoms with Crippen molar-refractivity contribution in [1.82, 2.24) is 30.1 Å². The molecule has 16 nitrogen and oxygen atoms in total. The lowest BCUT2D eigenvalue weighted by Crippen LogP contribution is -2.60. The van der Waals surface area contributed by atoms with Crippen molar-refractivity contribution in [2.45, 2.75) is 297 Å². The SMILES string of the molecule is CCCCCCCCOc1cc(OCCCCCCCC)cc(-c2c3nc(c(C#Cc4ccc(C(=O)OC5CC(C)(C)N([O])C(C)(C)C5)cc4)c4ccc([nH]4)c(-c4cc(OCCCCCCCC)cc(OCCCCCCCC)c4)c4nc(c(C#Cc5ccc(C(=O)OC6CC(C)(C)N([O])C(C)(C)C6)cc5)c5ccc2[nH]5)C=C4)C=C3)c1. The molecule has 2 N–H and O–H groups in total. The number of aromatic nitrogens is 4. The van der Waals surface area contributed by atoms with Gasteiger partial charge in [0.2, 0.25) is 0 Å². The van der Waals surface area contributed by atoms with Crippen LogP contribution < -0.4 is 18.9 Å². The summed E-state index contributed by atoms with van der Waals surface area (Å²) in [5.74, 6) is 16.1. The number of carbonyl (C=O) groups is 2. The van der Waals surface area contributed by atoms with Crippen LogP contribution in [0.4, 0.5) is 0 Å². The van der Waals surface area contributed by atoms with Gasteiger partial charge in [-0.3, -0.25) is 0 Å². The fraction of sp³-hybridized carbons (Fsp3) is 0.500. The Bertz CT molecular complexity index is 4410. The van der Waals surface area contributed by atoms with E-state index >= 15 is 0 Å². The first-order valence-corrected chi connectivity index (χ1v) is 43.5. The number of benzene rings is 4. The van der Waals surface area contributed by atoms with Gasteiger partial charge in [0.1, 0.15) is 35.2 Å². The summed E-state index contributed by atoms with van der Waals surface area (Å²) in [6.45, 7) is 26.4. The molecule has 2 saturated heterocycles. The smallest absolute Gasteiger partial charge is 0.338 e. The number of H-pyrrole nitrogens is 2. The van der Waals surface area contributed by atoms with Crippen LogP contribution in [0, 0.1) is 23.7 Å². The van der Waals surface area contributed by atoms with Gasteiger partial charge in [-0.25, -0.2) is 19.6 Å². The first kappa shape index (κ1) is 87.4. The quantitative estimate of drug-likeness (QED) is 0.0212. The van der Waals surface area contributed by atoms with Crippen LogP contribution in [0.1, 0.15) is 329 Å². The largest absolute Gasteiger partial charge is 0.493 e. The average Bonchev–Trinajstić information content (AvgIpc) is 1.73. The Morgan fingerprint density at radius 3 is 0.940 bits per heavy atom.